The molecule has 0 radical (unpaired) electrons. The third-order valence-corrected chi connectivity index (χ3v) is 2.99. The zero-order valence-electron chi connectivity index (χ0n) is 11.9. The number of ether oxygens (including phenoxy) is 1. The van der Waals surface area contributed by atoms with E-state index >= 15 is 0 Å². The van der Waals surface area contributed by atoms with E-state index in [1.165, 1.54) is 31.4 Å². The zero-order valence-corrected chi connectivity index (χ0v) is 11.9. The molecule has 116 valence electrons. The highest BCUT2D eigenvalue weighted by Crippen LogP contribution is 2.29. The summed E-state index contributed by atoms with van der Waals surface area (Å²) in [7, 11) is 1.29. The molecule has 2 aromatic rings. The topological polar surface area (TPSA) is 105 Å². The lowest BCUT2D eigenvalue weighted by molar-refractivity contribution is -0.384. The molecule has 23 heavy (non-hydrogen) atoms. The molecule has 0 spiro atoms. The number of benzene rings is 2. The molecule has 1 N–H and O–H groups in total. The second kappa shape index (κ2) is 6.53. The molecule has 8 heteroatoms. The van der Waals surface area contributed by atoms with Crippen molar-refractivity contribution in [1.82, 2.24) is 0 Å². The zero-order chi connectivity index (χ0) is 17.0. The van der Waals surface area contributed by atoms with Crippen LogP contribution in [0.1, 0.15) is 15.9 Å². The number of amides is 1. The van der Waals surface area contributed by atoms with Gasteiger partial charge in [-0.25, -0.2) is 4.39 Å². The number of nitro groups is 1. The highest BCUT2D eigenvalue weighted by Gasteiger charge is 2.16. The Morgan fingerprint density at radius 1 is 1.35 bits per heavy atom. The van der Waals surface area contributed by atoms with E-state index in [9.17, 15) is 19.3 Å². The minimum atomic E-state index is -0.845. The van der Waals surface area contributed by atoms with Gasteiger partial charge in [0, 0.05) is 6.07 Å². The van der Waals surface area contributed by atoms with Crippen LogP contribution in [0, 0.1) is 27.3 Å². The van der Waals surface area contributed by atoms with Gasteiger partial charge in [0.05, 0.1) is 41.0 Å². The first-order chi connectivity index (χ1) is 11.0. The Bertz CT molecular complexity index is 830. The normalized spacial score (nSPS) is 9.78. The van der Waals surface area contributed by atoms with Crippen molar-refractivity contribution in [2.24, 2.45) is 0 Å². The molecule has 0 aliphatic rings. The minimum absolute atomic E-state index is 0.0709. The predicted molar refractivity (Wildman–Crippen MR) is 78.7 cm³/mol. The van der Waals surface area contributed by atoms with E-state index in [-0.39, 0.29) is 28.3 Å². The second-order valence-electron chi connectivity index (χ2n) is 4.40. The van der Waals surface area contributed by atoms with E-state index in [4.69, 9.17) is 10.00 Å². The average molecular weight is 315 g/mol. The molecular formula is C15H10FN3O4. The number of carbonyl (C=O) groups excluding carboxylic acids is 1. The number of hydrogen-bond acceptors (Lipinski definition) is 5. The van der Waals surface area contributed by atoms with Gasteiger partial charge < -0.3 is 10.1 Å². The van der Waals surface area contributed by atoms with Crippen LogP contribution in [-0.2, 0) is 0 Å². The average Bonchev–Trinajstić information content (AvgIpc) is 2.54. The number of carbonyl (C=O) groups is 1. The molecule has 7 nitrogen and oxygen atoms in total. The first-order valence-electron chi connectivity index (χ1n) is 6.29. The lowest BCUT2D eigenvalue weighted by Crippen LogP contribution is -2.14. The number of nitrogens with one attached hydrogen (secondary N) is 1. The molecule has 0 atom stereocenters. The molecule has 0 heterocycles. The molecule has 0 saturated carbocycles. The Labute approximate surface area is 130 Å². The van der Waals surface area contributed by atoms with Crippen molar-refractivity contribution in [3.8, 4) is 11.8 Å². The predicted octanol–water partition coefficient (Wildman–Crippen LogP) is 2.87. The third-order valence-electron chi connectivity index (χ3n) is 2.99. The van der Waals surface area contributed by atoms with Crippen molar-refractivity contribution >= 4 is 17.3 Å². The molecule has 0 saturated heterocycles. The summed E-state index contributed by atoms with van der Waals surface area (Å²) < 4.78 is 18.8. The number of non-ortho nitro benzene ring substituents is 1. The van der Waals surface area contributed by atoms with Gasteiger partial charge >= 0.3 is 0 Å². The van der Waals surface area contributed by atoms with Gasteiger partial charge in [-0.05, 0) is 24.3 Å². The highest BCUT2D eigenvalue weighted by molar-refractivity contribution is 6.05. The van der Waals surface area contributed by atoms with Crippen LogP contribution >= 0.6 is 0 Å². The van der Waals surface area contributed by atoms with Crippen LogP contribution in [-0.4, -0.2) is 17.9 Å². The number of rotatable bonds is 4. The number of methoxy groups -OCH3 is 1. The summed E-state index contributed by atoms with van der Waals surface area (Å²) in [5.41, 5.74) is -0.215. The summed E-state index contributed by atoms with van der Waals surface area (Å²) in [6.45, 7) is 0. The Morgan fingerprint density at radius 3 is 2.65 bits per heavy atom. The third kappa shape index (κ3) is 3.41. The lowest BCUT2D eigenvalue weighted by Gasteiger charge is -2.10. The van der Waals surface area contributed by atoms with Crippen LogP contribution in [0.5, 0.6) is 5.75 Å². The van der Waals surface area contributed by atoms with Gasteiger partial charge in [0.1, 0.15) is 11.6 Å². The molecule has 0 aromatic heterocycles. The van der Waals surface area contributed by atoms with E-state index in [0.29, 0.717) is 0 Å². The molecular weight excluding hydrogens is 305 g/mol. The van der Waals surface area contributed by atoms with Gasteiger partial charge in [0.2, 0.25) is 0 Å². The smallest absolute Gasteiger partial charge is 0.273 e. The molecule has 0 aliphatic carbocycles. The van der Waals surface area contributed by atoms with Gasteiger partial charge in [-0.2, -0.15) is 5.26 Å². The van der Waals surface area contributed by atoms with Crippen LogP contribution in [0.25, 0.3) is 0 Å². The summed E-state index contributed by atoms with van der Waals surface area (Å²) in [5.74, 6) is -1.54. The Kier molecular flexibility index (Phi) is 4.52. The van der Waals surface area contributed by atoms with E-state index < -0.39 is 16.6 Å². The lowest BCUT2D eigenvalue weighted by atomic mass is 10.1. The molecule has 0 unspecified atom stereocenters. The van der Waals surface area contributed by atoms with Crippen molar-refractivity contribution in [3.63, 3.8) is 0 Å². The van der Waals surface area contributed by atoms with Crippen LogP contribution in [0.4, 0.5) is 15.8 Å². The first-order valence-corrected chi connectivity index (χ1v) is 6.29. The van der Waals surface area contributed by atoms with Crippen molar-refractivity contribution in [1.29, 1.82) is 5.26 Å². The van der Waals surface area contributed by atoms with Crippen molar-refractivity contribution in [2.75, 3.05) is 12.4 Å². The minimum Gasteiger partial charge on any atom is -0.494 e. The number of hydrogen-bond donors (Lipinski definition) is 1. The Balaban J connectivity index is 2.30. The van der Waals surface area contributed by atoms with E-state index in [1.807, 2.05) is 0 Å². The fourth-order valence-corrected chi connectivity index (χ4v) is 1.86. The maximum atomic E-state index is 13.8. The van der Waals surface area contributed by atoms with Crippen LogP contribution in [0.15, 0.2) is 36.4 Å². The number of halogens is 1. The monoisotopic (exact) mass is 315 g/mol. The summed E-state index contributed by atoms with van der Waals surface area (Å²) in [6.07, 6.45) is 0. The molecule has 1 amide bonds. The highest BCUT2D eigenvalue weighted by atomic mass is 19.1. The molecule has 2 rings (SSSR count). The number of nitrogens with zero attached hydrogens (tertiary/aromatic N) is 2. The van der Waals surface area contributed by atoms with Crippen LogP contribution < -0.4 is 10.1 Å². The summed E-state index contributed by atoms with van der Waals surface area (Å²) in [4.78, 5) is 22.2. The van der Waals surface area contributed by atoms with Gasteiger partial charge in [0.25, 0.3) is 11.6 Å². The maximum Gasteiger partial charge on any atom is 0.273 e. The number of nitriles is 1. The van der Waals surface area contributed by atoms with Gasteiger partial charge in [-0.1, -0.05) is 0 Å². The number of nitro benzene ring substituents is 1. The van der Waals surface area contributed by atoms with Gasteiger partial charge in [-0.3, -0.25) is 14.9 Å². The van der Waals surface area contributed by atoms with E-state index in [0.717, 1.165) is 12.1 Å². The van der Waals surface area contributed by atoms with Crippen LogP contribution in [0.3, 0.4) is 0 Å². The fourth-order valence-electron chi connectivity index (χ4n) is 1.86. The van der Waals surface area contributed by atoms with E-state index in [1.54, 1.807) is 6.07 Å². The van der Waals surface area contributed by atoms with Crippen molar-refractivity contribution in [2.45, 2.75) is 0 Å². The standard InChI is InChI=1S/C15H10FN3O4/c1-23-14-7-10(19(21)22)3-5-13(14)18-15(20)11-4-2-9(8-17)6-12(11)16/h2-7H,1H3,(H,18,20). The quantitative estimate of drug-likeness (QED) is 0.690. The fraction of sp³-hybridized carbons (Fsp3) is 0.0667. The number of anilines is 1. The van der Waals surface area contributed by atoms with Gasteiger partial charge in [0.15, 0.2) is 0 Å². The summed E-state index contributed by atoms with van der Waals surface area (Å²) >= 11 is 0. The van der Waals surface area contributed by atoms with Crippen molar-refractivity contribution < 1.29 is 18.8 Å². The maximum absolute atomic E-state index is 13.8. The summed E-state index contributed by atoms with van der Waals surface area (Å²) in [6, 6.07) is 8.82. The molecule has 0 aliphatic heterocycles. The molecule has 0 bridgehead atoms. The first kappa shape index (κ1) is 15.9. The largest absolute Gasteiger partial charge is 0.494 e. The van der Waals surface area contributed by atoms with Gasteiger partial charge in [-0.15, -0.1) is 0 Å². The van der Waals surface area contributed by atoms with Crippen LogP contribution in [0.2, 0.25) is 0 Å². The summed E-state index contributed by atoms with van der Waals surface area (Å²) in [5, 5.41) is 21.8. The second-order valence-corrected chi connectivity index (χ2v) is 4.40. The van der Waals surface area contributed by atoms with Crippen molar-refractivity contribution in [3.05, 3.63) is 63.5 Å². The molecule has 2 aromatic carbocycles. The SMILES string of the molecule is COc1cc([N+](=O)[O-])ccc1NC(=O)c1ccc(C#N)cc1F. The Morgan fingerprint density at radius 2 is 2.09 bits per heavy atom. The van der Waals surface area contributed by atoms with E-state index in [2.05, 4.69) is 5.32 Å². The Hall–Kier alpha value is -3.47. The molecule has 0 fully saturated rings.